The number of pyridine rings is 1. The first kappa shape index (κ1) is 37.8. The van der Waals surface area contributed by atoms with Gasteiger partial charge in [-0.3, -0.25) is 0 Å². The van der Waals surface area contributed by atoms with Gasteiger partial charge in [0.1, 0.15) is 5.69 Å². The van der Waals surface area contributed by atoms with Gasteiger partial charge < -0.3 is 0 Å². The van der Waals surface area contributed by atoms with Crippen LogP contribution in [0, 0.1) is 0 Å². The number of alkyl halides is 21. The Morgan fingerprint density at radius 1 is 0.383 bits per heavy atom. The summed E-state index contributed by atoms with van der Waals surface area (Å²) in [4.78, 5) is 2.87. The van der Waals surface area contributed by atoms with Gasteiger partial charge in [0.25, 0.3) is 0 Å². The number of rotatable bonds is 10. The second-order valence-corrected chi connectivity index (χ2v) is 9.61. The van der Waals surface area contributed by atoms with Crippen LogP contribution in [0.5, 0.6) is 0 Å². The molecule has 3 aromatic rings. The Hall–Kier alpha value is -3.62. The van der Waals surface area contributed by atoms with E-state index in [1.807, 2.05) is 0 Å². The molecule has 47 heavy (non-hydrogen) atoms. The summed E-state index contributed by atoms with van der Waals surface area (Å²) in [6.45, 7) is 0. The number of para-hydroxylation sites is 1. The molecule has 0 saturated carbocycles. The van der Waals surface area contributed by atoms with Crippen molar-refractivity contribution in [2.24, 2.45) is 0 Å². The molecule has 0 aliphatic carbocycles. The molecule has 0 N–H and O–H groups in total. The zero-order valence-electron chi connectivity index (χ0n) is 21.7. The van der Waals surface area contributed by atoms with E-state index in [0.29, 0.717) is 0 Å². The molecule has 0 aliphatic heterocycles. The highest BCUT2D eigenvalue weighted by molar-refractivity contribution is 5.94. The summed E-state index contributed by atoms with van der Waals surface area (Å²) in [7, 11) is 0. The van der Waals surface area contributed by atoms with Crippen LogP contribution in [0.1, 0.15) is 5.69 Å². The van der Waals surface area contributed by atoms with Gasteiger partial charge in [-0.25, -0.2) is 4.98 Å². The second kappa shape index (κ2) is 10.7. The number of halogens is 21. The number of hydrogen-bond donors (Lipinski definition) is 0. The van der Waals surface area contributed by atoms with Gasteiger partial charge in [0.15, 0.2) is 0 Å². The van der Waals surface area contributed by atoms with Crippen molar-refractivity contribution >= 4 is 10.9 Å². The Bertz CT molecular complexity index is 1610. The largest absolute Gasteiger partial charge is 0.460 e. The number of aromatic nitrogens is 1. The standard InChI is InChI=1S/C25H10F21N/c26-16(27,15-10-13(11-6-2-1-3-7-11)12-8-4-5-9-14(12)47-15)17(28,29)18(30,31)19(32,33)20(34,35)21(36,37)22(38,39)23(40,41)24(42,43)25(44,45)46/h1-10H. The van der Waals surface area contributed by atoms with Gasteiger partial charge in [-0.1, -0.05) is 48.5 Å². The molecule has 22 heteroatoms. The minimum atomic E-state index is -9.22. The molecule has 3 rings (SSSR count). The van der Waals surface area contributed by atoms with Crippen LogP contribution in [0.4, 0.5) is 92.2 Å². The monoisotopic (exact) mass is 723 g/mol. The van der Waals surface area contributed by atoms with E-state index in [1.165, 1.54) is 24.3 Å². The predicted molar refractivity (Wildman–Crippen MR) is 117 cm³/mol. The molecule has 262 valence electrons. The zero-order chi connectivity index (χ0) is 36.7. The predicted octanol–water partition coefficient (Wildman–Crippen LogP) is 10.6. The smallest absolute Gasteiger partial charge is 0.246 e. The lowest BCUT2D eigenvalue weighted by molar-refractivity contribution is -0.475. The summed E-state index contributed by atoms with van der Waals surface area (Å²) in [5.74, 6) is -77.8. The first-order chi connectivity index (χ1) is 20.8. The maximum absolute atomic E-state index is 15.0. The van der Waals surface area contributed by atoms with E-state index >= 15 is 8.78 Å². The van der Waals surface area contributed by atoms with Gasteiger partial charge in [-0.2, -0.15) is 92.2 Å². The summed E-state index contributed by atoms with van der Waals surface area (Å²) < 4.78 is 290. The molecule has 1 aromatic heterocycles. The summed E-state index contributed by atoms with van der Waals surface area (Å²) >= 11 is 0. The van der Waals surface area contributed by atoms with Crippen LogP contribution in [-0.4, -0.2) is 58.5 Å². The maximum atomic E-state index is 15.0. The van der Waals surface area contributed by atoms with Crippen molar-refractivity contribution in [2.45, 2.75) is 59.5 Å². The number of benzene rings is 2. The summed E-state index contributed by atoms with van der Waals surface area (Å²) in [6.07, 6.45) is -8.03. The van der Waals surface area contributed by atoms with Crippen LogP contribution in [0.25, 0.3) is 22.0 Å². The lowest BCUT2D eigenvalue weighted by Gasteiger charge is -2.44. The third-order valence-corrected chi connectivity index (χ3v) is 6.63. The molecule has 0 atom stereocenters. The van der Waals surface area contributed by atoms with Gasteiger partial charge in [0.05, 0.1) is 5.52 Å². The third-order valence-electron chi connectivity index (χ3n) is 6.63. The topological polar surface area (TPSA) is 12.9 Å². The molecule has 0 bridgehead atoms. The molecule has 1 nitrogen and oxygen atoms in total. The molecule has 0 fully saturated rings. The Balaban J connectivity index is 2.22. The van der Waals surface area contributed by atoms with E-state index in [2.05, 4.69) is 4.98 Å². The molecule has 0 aliphatic rings. The van der Waals surface area contributed by atoms with Crippen LogP contribution in [-0.2, 0) is 5.92 Å². The van der Waals surface area contributed by atoms with Crippen molar-refractivity contribution < 1.29 is 92.2 Å². The first-order valence-electron chi connectivity index (χ1n) is 11.7. The molecular formula is C25H10F21N. The van der Waals surface area contributed by atoms with Crippen molar-refractivity contribution in [3.05, 3.63) is 66.4 Å². The fourth-order valence-corrected chi connectivity index (χ4v) is 3.91. The SMILES string of the molecule is FC(F)(F)C(F)(F)C(F)(F)C(F)(F)C(F)(F)C(F)(F)C(F)(F)C(F)(F)C(F)(F)C(F)(F)c1cc(-c2ccccc2)c2ccccc2n1. The minimum Gasteiger partial charge on any atom is -0.246 e. The Kier molecular flexibility index (Phi) is 8.61. The molecule has 0 radical (unpaired) electrons. The molecule has 2 aromatic carbocycles. The number of hydrogen-bond acceptors (Lipinski definition) is 1. The molecular weight excluding hydrogens is 713 g/mol. The molecule has 1 heterocycles. The minimum absolute atomic E-state index is 0.166. The molecule has 0 amide bonds. The average molecular weight is 723 g/mol. The second-order valence-electron chi connectivity index (χ2n) is 9.61. The molecule has 0 spiro atoms. The highest BCUT2D eigenvalue weighted by Crippen LogP contribution is 2.67. The van der Waals surface area contributed by atoms with Crippen LogP contribution in [0.15, 0.2) is 60.7 Å². The van der Waals surface area contributed by atoms with Gasteiger partial charge in [0, 0.05) is 5.39 Å². The number of fused-ring (bicyclic) bond motifs is 1. The molecule has 0 unspecified atom stereocenters. The Morgan fingerprint density at radius 2 is 0.745 bits per heavy atom. The van der Waals surface area contributed by atoms with Crippen LogP contribution in [0.3, 0.4) is 0 Å². The summed E-state index contributed by atoms with van der Waals surface area (Å²) in [5, 5.41) is -0.219. The third kappa shape index (κ3) is 4.93. The van der Waals surface area contributed by atoms with E-state index in [-0.39, 0.29) is 17.0 Å². The van der Waals surface area contributed by atoms with E-state index < -0.39 is 76.3 Å². The van der Waals surface area contributed by atoms with Crippen molar-refractivity contribution in [3.63, 3.8) is 0 Å². The highest BCUT2D eigenvalue weighted by Gasteiger charge is 2.98. The Morgan fingerprint density at radius 3 is 1.17 bits per heavy atom. The Labute approximate surface area is 246 Å². The average Bonchev–Trinajstić information content (AvgIpc) is 2.95. The fourth-order valence-electron chi connectivity index (χ4n) is 3.91. The van der Waals surface area contributed by atoms with Crippen LogP contribution >= 0.6 is 0 Å². The fraction of sp³-hybridized carbons (Fsp3) is 0.400. The van der Waals surface area contributed by atoms with Crippen LogP contribution < -0.4 is 0 Å². The van der Waals surface area contributed by atoms with E-state index in [1.54, 1.807) is 0 Å². The number of nitrogens with zero attached hydrogens (tertiary/aromatic N) is 1. The zero-order valence-corrected chi connectivity index (χ0v) is 21.7. The lowest BCUT2D eigenvalue weighted by atomic mass is 9.85. The first-order valence-corrected chi connectivity index (χ1v) is 11.7. The van der Waals surface area contributed by atoms with Crippen molar-refractivity contribution in [3.8, 4) is 11.1 Å². The van der Waals surface area contributed by atoms with Crippen molar-refractivity contribution in [1.29, 1.82) is 0 Å². The van der Waals surface area contributed by atoms with E-state index in [4.69, 9.17) is 0 Å². The lowest BCUT2D eigenvalue weighted by Crippen LogP contribution is -2.76. The summed E-state index contributed by atoms with van der Waals surface area (Å²) in [5.41, 5.74) is -4.24. The van der Waals surface area contributed by atoms with E-state index in [9.17, 15) is 83.4 Å². The highest BCUT2D eigenvalue weighted by atomic mass is 19.4. The van der Waals surface area contributed by atoms with Gasteiger partial charge in [0.2, 0.25) is 0 Å². The van der Waals surface area contributed by atoms with Crippen LogP contribution in [0.2, 0.25) is 0 Å². The quantitative estimate of drug-likeness (QED) is 0.190. The van der Waals surface area contributed by atoms with Gasteiger partial charge in [-0.15, -0.1) is 0 Å². The van der Waals surface area contributed by atoms with E-state index in [0.717, 1.165) is 30.3 Å². The normalized spacial score (nSPS) is 15.3. The van der Waals surface area contributed by atoms with Gasteiger partial charge in [-0.05, 0) is 23.3 Å². The van der Waals surface area contributed by atoms with Crippen molar-refractivity contribution in [2.75, 3.05) is 0 Å². The van der Waals surface area contributed by atoms with Gasteiger partial charge >= 0.3 is 59.5 Å². The molecule has 0 saturated heterocycles. The summed E-state index contributed by atoms with van der Waals surface area (Å²) in [6, 6.07) is 9.75. The maximum Gasteiger partial charge on any atom is 0.460 e. The van der Waals surface area contributed by atoms with Crippen molar-refractivity contribution in [1.82, 2.24) is 4.98 Å².